The molecule has 0 aromatic carbocycles. The van der Waals surface area contributed by atoms with E-state index in [1.54, 1.807) is 13.8 Å². The van der Waals surface area contributed by atoms with Crippen molar-refractivity contribution in [3.63, 3.8) is 0 Å². The zero-order valence-electron chi connectivity index (χ0n) is 29.2. The summed E-state index contributed by atoms with van der Waals surface area (Å²) in [5.41, 5.74) is -1.75. The minimum atomic E-state index is -0.589. The van der Waals surface area contributed by atoms with E-state index in [1.807, 2.05) is 0 Å². The third-order valence-corrected chi connectivity index (χ3v) is 7.88. The zero-order chi connectivity index (χ0) is 35.6. The largest absolute Gasteiger partial charge is 0.466 e. The fourth-order valence-corrected chi connectivity index (χ4v) is 5.23. The van der Waals surface area contributed by atoms with E-state index in [1.165, 1.54) is 13.7 Å². The Balaban J connectivity index is 2.68. The molecule has 0 saturated carbocycles. The second-order valence-corrected chi connectivity index (χ2v) is 12.0. The Hall–Kier alpha value is -3.77. The summed E-state index contributed by atoms with van der Waals surface area (Å²) >= 11 is 0. The highest BCUT2D eigenvalue weighted by Gasteiger charge is 2.15. The van der Waals surface area contributed by atoms with E-state index in [9.17, 15) is 33.6 Å². The van der Waals surface area contributed by atoms with E-state index in [-0.39, 0.29) is 57.0 Å². The van der Waals surface area contributed by atoms with Gasteiger partial charge in [-0.1, -0.05) is 64.4 Å². The molecule has 0 bridgehead atoms. The number of Topliss-reactive ketones (excluding diaryl/α,β-unsaturated/α-hetero) is 1. The molecule has 1 rings (SSSR count). The van der Waals surface area contributed by atoms with Gasteiger partial charge < -0.3 is 19.0 Å². The van der Waals surface area contributed by atoms with Crippen LogP contribution in [-0.2, 0) is 53.0 Å². The monoisotopic (exact) mass is 679 g/mol. The van der Waals surface area contributed by atoms with Crippen molar-refractivity contribution in [3.05, 3.63) is 44.1 Å². The van der Waals surface area contributed by atoms with Gasteiger partial charge in [-0.15, -0.1) is 0 Å². The molecule has 0 atom stereocenters. The first kappa shape index (κ1) is 42.3. The SMILES string of the molecule is C=CC(=O)OCCOC(=O)CCCCCCCn1c(=O)n(CCCCCCCC(C)=O)c(=O)n(CCCCCCCC(=O)OCC)c1=O. The molecule has 0 spiro atoms. The number of unbranched alkanes of at least 4 members (excludes halogenated alkanes) is 12. The molecule has 0 fully saturated rings. The number of nitrogens with zero attached hydrogens (tertiary/aromatic N) is 3. The van der Waals surface area contributed by atoms with Crippen molar-refractivity contribution in [2.75, 3.05) is 19.8 Å². The summed E-state index contributed by atoms with van der Waals surface area (Å²) in [4.78, 5) is 85.4. The second-order valence-electron chi connectivity index (χ2n) is 12.0. The summed E-state index contributed by atoms with van der Waals surface area (Å²) in [6.45, 7) is 7.62. The quantitative estimate of drug-likeness (QED) is 0.0506. The number of aromatic nitrogens is 3. The number of hydrogen-bond acceptors (Lipinski definition) is 10. The predicted octanol–water partition coefficient (Wildman–Crippen LogP) is 4.62. The zero-order valence-corrected chi connectivity index (χ0v) is 29.2. The standard InChI is InChI=1S/C35H57N3O10/c1-4-30(40)47-27-28-48-32(42)23-17-11-8-14-20-26-38-34(44)36(24-18-12-6-9-15-21-29(3)39)33(43)37(35(38)45)25-19-13-7-10-16-22-31(41)46-5-2/h4H,1,5-28H2,2-3H3. The number of rotatable bonds is 29. The second kappa shape index (κ2) is 26.2. The lowest BCUT2D eigenvalue weighted by molar-refractivity contribution is -0.149. The van der Waals surface area contributed by atoms with Gasteiger partial charge in [-0.2, -0.15) is 0 Å². The van der Waals surface area contributed by atoms with Crippen molar-refractivity contribution in [2.24, 2.45) is 0 Å². The lowest BCUT2D eigenvalue weighted by Crippen LogP contribution is -2.54. The first-order chi connectivity index (χ1) is 23.1. The maximum Gasteiger partial charge on any atom is 0.336 e. The Morgan fingerprint density at radius 2 is 0.896 bits per heavy atom. The smallest absolute Gasteiger partial charge is 0.336 e. The van der Waals surface area contributed by atoms with Gasteiger partial charge in [0.15, 0.2) is 0 Å². The lowest BCUT2D eigenvalue weighted by atomic mass is 10.1. The first-order valence-electron chi connectivity index (χ1n) is 17.7. The molecule has 0 aliphatic carbocycles. The van der Waals surface area contributed by atoms with E-state index in [0.29, 0.717) is 45.1 Å². The number of hydrogen-bond donors (Lipinski definition) is 0. The number of carbonyl (C=O) groups excluding carboxylic acids is 4. The topological polar surface area (TPSA) is 162 Å². The van der Waals surface area contributed by atoms with Crippen molar-refractivity contribution in [1.29, 1.82) is 0 Å². The minimum absolute atomic E-state index is 0.00884. The van der Waals surface area contributed by atoms with Crippen LogP contribution in [-0.4, -0.2) is 57.2 Å². The van der Waals surface area contributed by atoms with Crippen LogP contribution in [0.25, 0.3) is 0 Å². The van der Waals surface area contributed by atoms with Crippen LogP contribution in [0.5, 0.6) is 0 Å². The molecule has 0 N–H and O–H groups in total. The van der Waals surface area contributed by atoms with Crippen LogP contribution in [0.3, 0.4) is 0 Å². The molecule has 0 aliphatic heterocycles. The van der Waals surface area contributed by atoms with Gasteiger partial charge in [0.25, 0.3) is 0 Å². The van der Waals surface area contributed by atoms with E-state index in [4.69, 9.17) is 14.2 Å². The summed E-state index contributed by atoms with van der Waals surface area (Å²) in [7, 11) is 0. The third kappa shape index (κ3) is 18.5. The van der Waals surface area contributed by atoms with Crippen molar-refractivity contribution in [1.82, 2.24) is 13.7 Å². The molecule has 0 amide bonds. The van der Waals surface area contributed by atoms with E-state index < -0.39 is 23.0 Å². The maximum atomic E-state index is 13.3. The molecular formula is C35H57N3O10. The predicted molar refractivity (Wildman–Crippen MR) is 182 cm³/mol. The highest BCUT2D eigenvalue weighted by molar-refractivity contribution is 5.81. The van der Waals surface area contributed by atoms with Crippen LogP contribution in [0.4, 0.5) is 0 Å². The average Bonchev–Trinajstić information content (AvgIpc) is 3.05. The first-order valence-corrected chi connectivity index (χ1v) is 17.7. The van der Waals surface area contributed by atoms with Gasteiger partial charge in [0.2, 0.25) is 0 Å². The van der Waals surface area contributed by atoms with Gasteiger partial charge in [-0.05, 0) is 52.4 Å². The molecule has 0 unspecified atom stereocenters. The van der Waals surface area contributed by atoms with E-state index in [0.717, 1.165) is 76.7 Å². The van der Waals surface area contributed by atoms with Crippen LogP contribution in [0.2, 0.25) is 0 Å². The molecule has 0 radical (unpaired) electrons. The van der Waals surface area contributed by atoms with Crippen LogP contribution in [0.1, 0.15) is 129 Å². The van der Waals surface area contributed by atoms with Crippen molar-refractivity contribution in [3.8, 4) is 0 Å². The molecule has 0 aliphatic rings. The van der Waals surface area contributed by atoms with Crippen LogP contribution >= 0.6 is 0 Å². The average molecular weight is 680 g/mol. The Morgan fingerprint density at radius 3 is 1.29 bits per heavy atom. The third-order valence-electron chi connectivity index (χ3n) is 7.88. The fourth-order valence-electron chi connectivity index (χ4n) is 5.23. The molecule has 13 nitrogen and oxygen atoms in total. The molecule has 272 valence electrons. The molecule has 1 aromatic heterocycles. The number of ketones is 1. The Labute approximate surface area is 283 Å². The molecule has 1 heterocycles. The summed E-state index contributed by atoms with van der Waals surface area (Å²) < 4.78 is 18.3. The minimum Gasteiger partial charge on any atom is -0.466 e. The summed E-state index contributed by atoms with van der Waals surface area (Å²) in [6, 6.07) is 0. The van der Waals surface area contributed by atoms with Gasteiger partial charge in [0.1, 0.15) is 19.0 Å². The number of ether oxygens (including phenoxy) is 3. The van der Waals surface area contributed by atoms with Gasteiger partial charge in [0, 0.05) is 45.0 Å². The summed E-state index contributed by atoms with van der Waals surface area (Å²) in [6.07, 6.45) is 13.6. The van der Waals surface area contributed by atoms with Crippen molar-refractivity contribution >= 4 is 23.7 Å². The molecule has 1 aromatic rings. The maximum absolute atomic E-state index is 13.3. The van der Waals surface area contributed by atoms with Crippen LogP contribution < -0.4 is 17.1 Å². The van der Waals surface area contributed by atoms with Gasteiger partial charge in [-0.25, -0.2) is 32.9 Å². The van der Waals surface area contributed by atoms with Crippen LogP contribution in [0.15, 0.2) is 27.0 Å². The van der Waals surface area contributed by atoms with E-state index in [2.05, 4.69) is 6.58 Å². The van der Waals surface area contributed by atoms with Gasteiger partial charge in [0.05, 0.1) is 6.61 Å². The Morgan fingerprint density at radius 1 is 0.542 bits per heavy atom. The number of esters is 3. The molecular weight excluding hydrogens is 622 g/mol. The lowest BCUT2D eigenvalue weighted by Gasteiger charge is -2.14. The van der Waals surface area contributed by atoms with Crippen molar-refractivity contribution < 1.29 is 33.4 Å². The highest BCUT2D eigenvalue weighted by atomic mass is 16.6. The molecule has 48 heavy (non-hydrogen) atoms. The van der Waals surface area contributed by atoms with E-state index >= 15 is 0 Å². The number of carbonyl (C=O) groups is 4. The Bertz CT molecular complexity index is 1310. The fraction of sp³-hybridized carbons (Fsp3) is 0.743. The normalized spacial score (nSPS) is 10.9. The van der Waals surface area contributed by atoms with Gasteiger partial charge >= 0.3 is 35.0 Å². The van der Waals surface area contributed by atoms with Crippen LogP contribution in [0, 0.1) is 0 Å². The summed E-state index contributed by atoms with van der Waals surface area (Å²) in [5, 5.41) is 0. The van der Waals surface area contributed by atoms with Gasteiger partial charge in [-0.3, -0.25) is 9.59 Å². The Kier molecular flexibility index (Phi) is 23.1. The summed E-state index contributed by atoms with van der Waals surface area (Å²) in [5.74, 6) is -0.976. The molecule has 13 heteroatoms. The highest BCUT2D eigenvalue weighted by Crippen LogP contribution is 2.09. The molecule has 0 saturated heterocycles. The van der Waals surface area contributed by atoms with Crippen molar-refractivity contribution in [2.45, 2.75) is 149 Å².